The minimum absolute atomic E-state index is 0.00946. The average Bonchev–Trinajstić information content (AvgIpc) is 2.70. The predicted octanol–water partition coefficient (Wildman–Crippen LogP) is 4.19. The molecule has 0 spiro atoms. The molecule has 192 valence electrons. The van der Waals surface area contributed by atoms with Gasteiger partial charge in [0.1, 0.15) is 23.4 Å². The lowest BCUT2D eigenvalue weighted by Crippen LogP contribution is -2.59. The highest BCUT2D eigenvalue weighted by atomic mass is 32.1. The van der Waals surface area contributed by atoms with Crippen LogP contribution in [-0.4, -0.2) is 57.4 Å². The molecule has 0 aliphatic rings. The number of nitrogens with zero attached hydrogens (tertiary/aromatic N) is 1. The Morgan fingerprint density at radius 3 is 2.26 bits per heavy atom. The molecule has 2 atom stereocenters. The molecule has 0 saturated carbocycles. The van der Waals surface area contributed by atoms with Crippen molar-refractivity contribution in [2.45, 2.75) is 91.0 Å². The minimum atomic E-state index is -1.02. The third-order valence-electron chi connectivity index (χ3n) is 4.90. The molecule has 0 aliphatic carbocycles. The molecule has 1 aromatic rings. The molecule has 1 aromatic carbocycles. The Balaban J connectivity index is 3.37. The fourth-order valence-electron chi connectivity index (χ4n) is 3.44. The van der Waals surface area contributed by atoms with Gasteiger partial charge < -0.3 is 25.4 Å². The summed E-state index contributed by atoms with van der Waals surface area (Å²) >= 11 is 4.28. The van der Waals surface area contributed by atoms with E-state index < -0.39 is 35.2 Å². The number of unbranched alkanes of at least 4 members (excludes halogenated alkanes) is 2. The molecular formula is C25H41N3O5S. The van der Waals surface area contributed by atoms with Gasteiger partial charge in [-0.05, 0) is 65.7 Å². The van der Waals surface area contributed by atoms with Crippen LogP contribution >= 0.6 is 12.6 Å². The van der Waals surface area contributed by atoms with E-state index in [0.717, 1.165) is 19.3 Å². The number of phenolic OH excluding ortho intramolecular Hbond substituents is 1. The SMILES string of the molecule is CCCCCNC(=O)C(c1cccc(O)c1)N(C(=O)C(CS)NC(=O)OC(C)(C)C)C(C)(C)C. The molecule has 0 heterocycles. The van der Waals surface area contributed by atoms with E-state index in [-0.39, 0.29) is 17.4 Å². The zero-order valence-corrected chi connectivity index (χ0v) is 22.4. The highest BCUT2D eigenvalue weighted by molar-refractivity contribution is 7.80. The number of carbonyl (C=O) groups excluding carboxylic acids is 3. The lowest BCUT2D eigenvalue weighted by atomic mass is 9.95. The zero-order valence-electron chi connectivity index (χ0n) is 21.5. The summed E-state index contributed by atoms with van der Waals surface area (Å²) in [5, 5.41) is 15.6. The molecule has 3 N–H and O–H groups in total. The van der Waals surface area contributed by atoms with Gasteiger partial charge in [-0.25, -0.2) is 4.79 Å². The Morgan fingerprint density at radius 2 is 1.76 bits per heavy atom. The Labute approximate surface area is 209 Å². The highest BCUT2D eigenvalue weighted by Gasteiger charge is 2.41. The van der Waals surface area contributed by atoms with Crippen molar-refractivity contribution in [1.82, 2.24) is 15.5 Å². The Morgan fingerprint density at radius 1 is 1.12 bits per heavy atom. The van der Waals surface area contributed by atoms with E-state index in [0.29, 0.717) is 12.1 Å². The van der Waals surface area contributed by atoms with Crippen LogP contribution in [0.5, 0.6) is 5.75 Å². The number of carbonyl (C=O) groups is 3. The Hall–Kier alpha value is -2.42. The van der Waals surface area contributed by atoms with Crippen molar-refractivity contribution in [2.24, 2.45) is 0 Å². The second-order valence-corrected chi connectivity index (χ2v) is 10.6. The first-order valence-electron chi connectivity index (χ1n) is 11.7. The number of ether oxygens (including phenoxy) is 1. The summed E-state index contributed by atoms with van der Waals surface area (Å²) in [6.45, 7) is 13.2. The third kappa shape index (κ3) is 9.44. The van der Waals surface area contributed by atoms with Gasteiger partial charge in [0.2, 0.25) is 11.8 Å². The lowest BCUT2D eigenvalue weighted by molar-refractivity contribution is -0.148. The standard InChI is InChI=1S/C25H41N3O5S/c1-8-9-10-14-26-21(30)20(17-12-11-13-18(29)15-17)28(24(2,3)4)22(31)19(16-34)27-23(32)33-25(5,6)7/h11-13,15,19-20,29,34H,8-10,14,16H2,1-7H3,(H,26,30)(H,27,32). The molecule has 34 heavy (non-hydrogen) atoms. The summed E-state index contributed by atoms with van der Waals surface area (Å²) in [6, 6.07) is 4.25. The van der Waals surface area contributed by atoms with Crippen molar-refractivity contribution in [1.29, 1.82) is 0 Å². The first-order valence-corrected chi connectivity index (χ1v) is 12.3. The molecule has 1 rings (SSSR count). The molecule has 0 aromatic heterocycles. The fraction of sp³-hybridized carbons (Fsp3) is 0.640. The van der Waals surface area contributed by atoms with Crippen molar-refractivity contribution >= 4 is 30.5 Å². The van der Waals surface area contributed by atoms with E-state index in [1.54, 1.807) is 32.9 Å². The largest absolute Gasteiger partial charge is 0.508 e. The second kappa shape index (κ2) is 12.9. The number of benzene rings is 1. The molecule has 0 aliphatic heterocycles. The zero-order chi connectivity index (χ0) is 26.1. The molecule has 9 heteroatoms. The Kier molecular flexibility index (Phi) is 11.2. The van der Waals surface area contributed by atoms with Gasteiger partial charge in [-0.15, -0.1) is 0 Å². The summed E-state index contributed by atoms with van der Waals surface area (Å²) in [4.78, 5) is 41.0. The first-order chi connectivity index (χ1) is 15.7. The fourth-order valence-corrected chi connectivity index (χ4v) is 3.69. The van der Waals surface area contributed by atoms with Gasteiger partial charge in [-0.1, -0.05) is 31.9 Å². The van der Waals surface area contributed by atoms with Gasteiger partial charge in [0, 0.05) is 17.8 Å². The van der Waals surface area contributed by atoms with Gasteiger partial charge in [0.05, 0.1) is 0 Å². The van der Waals surface area contributed by atoms with Crippen LogP contribution in [0.4, 0.5) is 4.79 Å². The van der Waals surface area contributed by atoms with Gasteiger partial charge >= 0.3 is 6.09 Å². The molecule has 0 bridgehead atoms. The van der Waals surface area contributed by atoms with Gasteiger partial charge in [-0.2, -0.15) is 12.6 Å². The van der Waals surface area contributed by atoms with E-state index >= 15 is 0 Å². The van der Waals surface area contributed by atoms with Gasteiger partial charge in [0.15, 0.2) is 0 Å². The van der Waals surface area contributed by atoms with E-state index in [2.05, 4.69) is 30.2 Å². The summed E-state index contributed by atoms with van der Waals surface area (Å²) in [7, 11) is 0. The van der Waals surface area contributed by atoms with Crippen LogP contribution in [0.2, 0.25) is 0 Å². The number of hydrogen-bond donors (Lipinski definition) is 4. The van der Waals surface area contributed by atoms with Crippen molar-refractivity contribution < 1.29 is 24.2 Å². The molecule has 3 amide bonds. The maximum absolute atomic E-state index is 13.8. The lowest BCUT2D eigenvalue weighted by Gasteiger charge is -2.43. The first kappa shape index (κ1) is 29.6. The van der Waals surface area contributed by atoms with Gasteiger partial charge in [0.25, 0.3) is 0 Å². The van der Waals surface area contributed by atoms with Crippen LogP contribution in [0.25, 0.3) is 0 Å². The third-order valence-corrected chi connectivity index (χ3v) is 5.27. The van der Waals surface area contributed by atoms with Crippen LogP contribution < -0.4 is 10.6 Å². The highest BCUT2D eigenvalue weighted by Crippen LogP contribution is 2.31. The van der Waals surface area contributed by atoms with Crippen molar-refractivity contribution in [2.75, 3.05) is 12.3 Å². The van der Waals surface area contributed by atoms with Crippen molar-refractivity contribution in [3.05, 3.63) is 29.8 Å². The number of phenols is 1. The normalized spacial score (nSPS) is 13.5. The van der Waals surface area contributed by atoms with E-state index in [1.165, 1.54) is 17.0 Å². The van der Waals surface area contributed by atoms with Crippen LogP contribution in [0.3, 0.4) is 0 Å². The summed E-state index contributed by atoms with van der Waals surface area (Å²) in [5.41, 5.74) is -1.07. The minimum Gasteiger partial charge on any atom is -0.508 e. The average molecular weight is 496 g/mol. The van der Waals surface area contributed by atoms with E-state index in [9.17, 15) is 19.5 Å². The number of thiol groups is 1. The summed E-state index contributed by atoms with van der Waals surface area (Å²) < 4.78 is 5.30. The van der Waals surface area contributed by atoms with E-state index in [1.807, 2.05) is 20.8 Å². The smallest absolute Gasteiger partial charge is 0.408 e. The number of rotatable bonds is 10. The Bertz CT molecular complexity index is 833. The molecule has 2 unspecified atom stereocenters. The summed E-state index contributed by atoms with van der Waals surface area (Å²) in [6.07, 6.45) is 2.06. The number of hydrogen-bond acceptors (Lipinski definition) is 6. The molecule has 0 radical (unpaired) electrons. The second-order valence-electron chi connectivity index (χ2n) is 10.3. The molecule has 0 fully saturated rings. The molecular weight excluding hydrogens is 454 g/mol. The summed E-state index contributed by atoms with van der Waals surface area (Å²) in [5.74, 6) is -0.846. The number of aromatic hydroxyl groups is 1. The van der Waals surface area contributed by atoms with Crippen molar-refractivity contribution in [3.8, 4) is 5.75 Å². The quantitative estimate of drug-likeness (QED) is 0.288. The predicted molar refractivity (Wildman–Crippen MR) is 137 cm³/mol. The van der Waals surface area contributed by atoms with Crippen LogP contribution in [0.15, 0.2) is 24.3 Å². The topological polar surface area (TPSA) is 108 Å². The number of alkyl carbamates (subject to hydrolysis) is 1. The number of amides is 3. The van der Waals surface area contributed by atoms with Crippen LogP contribution in [0.1, 0.15) is 79.3 Å². The number of nitrogens with one attached hydrogen (secondary N) is 2. The maximum atomic E-state index is 13.8. The van der Waals surface area contributed by atoms with Crippen LogP contribution in [-0.2, 0) is 14.3 Å². The van der Waals surface area contributed by atoms with Crippen molar-refractivity contribution in [3.63, 3.8) is 0 Å². The van der Waals surface area contributed by atoms with E-state index in [4.69, 9.17) is 4.74 Å². The molecule has 0 saturated heterocycles. The maximum Gasteiger partial charge on any atom is 0.408 e. The monoisotopic (exact) mass is 495 g/mol. The molecule has 8 nitrogen and oxygen atoms in total. The van der Waals surface area contributed by atoms with Gasteiger partial charge in [-0.3, -0.25) is 9.59 Å². The van der Waals surface area contributed by atoms with Crippen LogP contribution in [0, 0.1) is 0 Å².